The van der Waals surface area contributed by atoms with Crippen molar-refractivity contribution in [2.24, 2.45) is 7.05 Å². The molecule has 1 unspecified atom stereocenters. The van der Waals surface area contributed by atoms with Crippen molar-refractivity contribution in [2.45, 2.75) is 32.2 Å². The van der Waals surface area contributed by atoms with Gasteiger partial charge in [0.2, 0.25) is 0 Å². The lowest BCUT2D eigenvalue weighted by Crippen LogP contribution is -2.34. The van der Waals surface area contributed by atoms with E-state index in [1.807, 2.05) is 23.9 Å². The summed E-state index contributed by atoms with van der Waals surface area (Å²) in [5.41, 5.74) is 1.30. The average molecular weight is 288 g/mol. The van der Waals surface area contributed by atoms with E-state index >= 15 is 0 Å². The monoisotopic (exact) mass is 288 g/mol. The van der Waals surface area contributed by atoms with Gasteiger partial charge in [-0.25, -0.2) is 4.98 Å². The zero-order valence-electron chi connectivity index (χ0n) is 13.0. The number of hydrogen-bond donors (Lipinski definition) is 1. The van der Waals surface area contributed by atoms with E-state index in [4.69, 9.17) is 4.74 Å². The first-order valence-electron chi connectivity index (χ1n) is 7.42. The van der Waals surface area contributed by atoms with Gasteiger partial charge in [0.15, 0.2) is 0 Å². The van der Waals surface area contributed by atoms with Crippen molar-refractivity contribution in [2.75, 3.05) is 13.7 Å². The van der Waals surface area contributed by atoms with Crippen LogP contribution >= 0.6 is 0 Å². The summed E-state index contributed by atoms with van der Waals surface area (Å²) in [6.07, 6.45) is 4.58. The molecule has 0 aliphatic heterocycles. The molecule has 5 heteroatoms. The Morgan fingerprint density at radius 3 is 2.57 bits per heavy atom. The SMILES string of the molecule is CCCNC(Cc1ccc(OC)cc1)Cc1ncnn1C. The number of rotatable bonds is 8. The minimum atomic E-state index is 0.362. The first-order chi connectivity index (χ1) is 10.2. The Bertz CT molecular complexity index is 535. The molecular formula is C16H24N4O. The summed E-state index contributed by atoms with van der Waals surface area (Å²) in [7, 11) is 3.63. The smallest absolute Gasteiger partial charge is 0.138 e. The number of ether oxygens (including phenoxy) is 1. The molecule has 0 saturated heterocycles. The maximum Gasteiger partial charge on any atom is 0.138 e. The fourth-order valence-electron chi connectivity index (χ4n) is 2.34. The molecule has 0 radical (unpaired) electrons. The van der Waals surface area contributed by atoms with Crippen LogP contribution in [0.2, 0.25) is 0 Å². The van der Waals surface area contributed by atoms with E-state index in [2.05, 4.69) is 34.5 Å². The van der Waals surface area contributed by atoms with Gasteiger partial charge in [-0.05, 0) is 37.1 Å². The summed E-state index contributed by atoms with van der Waals surface area (Å²) in [6.45, 7) is 3.19. The van der Waals surface area contributed by atoms with Crippen LogP contribution in [0.1, 0.15) is 24.7 Å². The van der Waals surface area contributed by atoms with E-state index in [1.54, 1.807) is 13.4 Å². The molecule has 0 aliphatic carbocycles. The Morgan fingerprint density at radius 1 is 1.24 bits per heavy atom. The summed E-state index contributed by atoms with van der Waals surface area (Å²) >= 11 is 0. The molecule has 0 aliphatic rings. The Hall–Kier alpha value is -1.88. The fourth-order valence-corrected chi connectivity index (χ4v) is 2.34. The molecule has 1 N–H and O–H groups in total. The minimum absolute atomic E-state index is 0.362. The van der Waals surface area contributed by atoms with Crippen molar-refractivity contribution in [3.8, 4) is 5.75 Å². The highest BCUT2D eigenvalue weighted by Crippen LogP contribution is 2.14. The molecule has 1 aromatic carbocycles. The van der Waals surface area contributed by atoms with E-state index in [1.165, 1.54) is 5.56 Å². The van der Waals surface area contributed by atoms with Crippen LogP contribution in [0, 0.1) is 0 Å². The lowest BCUT2D eigenvalue weighted by atomic mass is 10.0. The van der Waals surface area contributed by atoms with Crippen molar-refractivity contribution in [3.05, 3.63) is 42.0 Å². The molecule has 5 nitrogen and oxygen atoms in total. The van der Waals surface area contributed by atoms with Crippen molar-refractivity contribution in [1.82, 2.24) is 20.1 Å². The van der Waals surface area contributed by atoms with Crippen LogP contribution in [-0.4, -0.2) is 34.5 Å². The van der Waals surface area contributed by atoms with Crippen molar-refractivity contribution < 1.29 is 4.74 Å². The lowest BCUT2D eigenvalue weighted by molar-refractivity contribution is 0.414. The highest BCUT2D eigenvalue weighted by molar-refractivity contribution is 5.27. The summed E-state index contributed by atoms with van der Waals surface area (Å²) in [6, 6.07) is 8.62. The zero-order chi connectivity index (χ0) is 15.1. The number of methoxy groups -OCH3 is 1. The van der Waals surface area contributed by atoms with Crippen LogP contribution in [0.15, 0.2) is 30.6 Å². The molecule has 21 heavy (non-hydrogen) atoms. The van der Waals surface area contributed by atoms with Crippen molar-refractivity contribution in [1.29, 1.82) is 0 Å². The van der Waals surface area contributed by atoms with E-state index < -0.39 is 0 Å². The Morgan fingerprint density at radius 2 is 2.00 bits per heavy atom. The largest absolute Gasteiger partial charge is 0.497 e. The summed E-state index contributed by atoms with van der Waals surface area (Å²) in [5, 5.41) is 7.74. The van der Waals surface area contributed by atoms with Crippen LogP contribution < -0.4 is 10.1 Å². The standard InChI is InChI=1S/C16H24N4O/c1-4-9-17-14(11-16-18-12-19-20(16)2)10-13-5-7-15(21-3)8-6-13/h5-8,12,14,17H,4,9-11H2,1-3H3. The Balaban J connectivity index is 2.02. The van der Waals surface area contributed by atoms with Gasteiger partial charge in [0.05, 0.1) is 7.11 Å². The lowest BCUT2D eigenvalue weighted by Gasteiger charge is -2.18. The second-order valence-electron chi connectivity index (χ2n) is 5.21. The third-order valence-corrected chi connectivity index (χ3v) is 3.56. The van der Waals surface area contributed by atoms with E-state index in [0.29, 0.717) is 6.04 Å². The number of nitrogens with zero attached hydrogens (tertiary/aromatic N) is 3. The molecule has 1 atom stereocenters. The summed E-state index contributed by atoms with van der Waals surface area (Å²) < 4.78 is 7.04. The maximum atomic E-state index is 5.20. The molecule has 2 rings (SSSR count). The molecule has 0 amide bonds. The van der Waals surface area contributed by atoms with Crippen LogP contribution in [0.25, 0.3) is 0 Å². The van der Waals surface area contributed by atoms with E-state index in [-0.39, 0.29) is 0 Å². The number of aryl methyl sites for hydroxylation is 1. The minimum Gasteiger partial charge on any atom is -0.497 e. The van der Waals surface area contributed by atoms with Crippen molar-refractivity contribution in [3.63, 3.8) is 0 Å². The fraction of sp³-hybridized carbons (Fsp3) is 0.500. The van der Waals surface area contributed by atoms with Gasteiger partial charge in [-0.3, -0.25) is 4.68 Å². The first kappa shape index (κ1) is 15.5. The maximum absolute atomic E-state index is 5.20. The van der Waals surface area contributed by atoms with Gasteiger partial charge < -0.3 is 10.1 Å². The van der Waals surface area contributed by atoms with Gasteiger partial charge in [-0.15, -0.1) is 0 Å². The predicted molar refractivity (Wildman–Crippen MR) is 83.5 cm³/mol. The number of hydrogen-bond acceptors (Lipinski definition) is 4. The molecule has 114 valence electrons. The molecule has 1 heterocycles. The van der Waals surface area contributed by atoms with Crippen LogP contribution in [0.5, 0.6) is 5.75 Å². The highest BCUT2D eigenvalue weighted by atomic mass is 16.5. The van der Waals surface area contributed by atoms with Crippen LogP contribution in [0.4, 0.5) is 0 Å². The highest BCUT2D eigenvalue weighted by Gasteiger charge is 2.13. The van der Waals surface area contributed by atoms with Gasteiger partial charge in [-0.2, -0.15) is 5.10 Å². The van der Waals surface area contributed by atoms with Gasteiger partial charge in [0.25, 0.3) is 0 Å². The van der Waals surface area contributed by atoms with Gasteiger partial charge >= 0.3 is 0 Å². The summed E-state index contributed by atoms with van der Waals surface area (Å²) in [5.74, 6) is 1.90. The molecule has 1 aromatic heterocycles. The van der Waals surface area contributed by atoms with E-state index in [0.717, 1.165) is 37.4 Å². The molecular weight excluding hydrogens is 264 g/mol. The predicted octanol–water partition coefficient (Wildman–Crippen LogP) is 1.98. The summed E-state index contributed by atoms with van der Waals surface area (Å²) in [4.78, 5) is 4.32. The zero-order valence-corrected chi connectivity index (χ0v) is 13.0. The average Bonchev–Trinajstić information content (AvgIpc) is 2.91. The van der Waals surface area contributed by atoms with Crippen LogP contribution in [0.3, 0.4) is 0 Å². The first-order valence-corrected chi connectivity index (χ1v) is 7.42. The second kappa shape index (κ2) is 7.78. The van der Waals surface area contributed by atoms with Crippen LogP contribution in [-0.2, 0) is 19.9 Å². The molecule has 2 aromatic rings. The van der Waals surface area contributed by atoms with Gasteiger partial charge in [0.1, 0.15) is 17.9 Å². The number of aromatic nitrogens is 3. The van der Waals surface area contributed by atoms with Gasteiger partial charge in [0, 0.05) is 19.5 Å². The Kier molecular flexibility index (Phi) is 5.75. The third kappa shape index (κ3) is 4.56. The molecule has 0 fully saturated rings. The second-order valence-corrected chi connectivity index (χ2v) is 5.21. The third-order valence-electron chi connectivity index (χ3n) is 3.56. The quantitative estimate of drug-likeness (QED) is 0.807. The molecule has 0 spiro atoms. The number of benzene rings is 1. The number of nitrogens with one attached hydrogen (secondary N) is 1. The topological polar surface area (TPSA) is 52.0 Å². The molecule has 0 saturated carbocycles. The normalized spacial score (nSPS) is 12.3. The molecule has 0 bridgehead atoms. The van der Waals surface area contributed by atoms with Crippen molar-refractivity contribution >= 4 is 0 Å². The van der Waals surface area contributed by atoms with Gasteiger partial charge in [-0.1, -0.05) is 19.1 Å². The Labute approximate surface area is 126 Å². The van der Waals surface area contributed by atoms with E-state index in [9.17, 15) is 0 Å².